The number of nitrogens with zero attached hydrogens (tertiary/aromatic N) is 1. The van der Waals surface area contributed by atoms with Crippen LogP contribution in [-0.2, 0) is 18.3 Å². The molecule has 0 fully saturated rings. The van der Waals surface area contributed by atoms with E-state index in [0.29, 0.717) is 4.51 Å². The fraction of sp³-hybridized carbons (Fsp3) is 0.857. The van der Waals surface area contributed by atoms with Gasteiger partial charge in [0.1, 0.15) is 0 Å². The van der Waals surface area contributed by atoms with Crippen molar-refractivity contribution in [1.29, 1.82) is 5.26 Å². The standard InChI is InChI=1S/C7H12N.BrH.Zn/c1-2-3-4-5-6-7-8;;/h6H,2-5H2,1H3;1H;. The molecule has 0 amide bonds. The van der Waals surface area contributed by atoms with Gasteiger partial charge in [-0.1, -0.05) is 0 Å². The number of hydrogen-bond acceptors (Lipinski definition) is 1. The summed E-state index contributed by atoms with van der Waals surface area (Å²) in [6, 6.07) is 2.28. The normalized spacial score (nSPS) is 11.4. The van der Waals surface area contributed by atoms with Crippen LogP contribution in [0.3, 0.4) is 0 Å². The zero-order valence-corrected chi connectivity index (χ0v) is 11.1. The van der Waals surface area contributed by atoms with Gasteiger partial charge in [-0.25, -0.2) is 0 Å². The summed E-state index contributed by atoms with van der Waals surface area (Å²) in [7, 11) is 0. The molecule has 0 aromatic carbocycles. The molecule has 3 heteroatoms. The number of hydrogen-bond donors (Lipinski definition) is 0. The van der Waals surface area contributed by atoms with Crippen LogP contribution < -0.4 is 0 Å². The fourth-order valence-corrected chi connectivity index (χ4v) is 1.31. The summed E-state index contributed by atoms with van der Waals surface area (Å²) >= 11 is 1.14. The molecule has 0 bridgehead atoms. The second-order valence-corrected chi connectivity index (χ2v) is 4.39. The zero-order chi connectivity index (χ0) is 7.11. The SMILES string of the molecule is Br.CCCCC[CH]([Zn])C#N. The van der Waals surface area contributed by atoms with Crippen molar-refractivity contribution in [3.05, 3.63) is 0 Å². The van der Waals surface area contributed by atoms with Crippen LogP contribution >= 0.6 is 17.0 Å². The van der Waals surface area contributed by atoms with Crippen molar-refractivity contribution in [2.75, 3.05) is 0 Å². The molecule has 55 valence electrons. The summed E-state index contributed by atoms with van der Waals surface area (Å²) in [6.07, 6.45) is 4.93. The average molecular weight is 256 g/mol. The Labute approximate surface area is 83.6 Å². The van der Waals surface area contributed by atoms with Gasteiger partial charge in [-0.05, 0) is 0 Å². The Balaban J connectivity index is 0. The molecule has 0 radical (unpaired) electrons. The predicted octanol–water partition coefficient (Wildman–Crippen LogP) is 3.00. The maximum atomic E-state index is 8.42. The van der Waals surface area contributed by atoms with Gasteiger partial charge >= 0.3 is 66.8 Å². The van der Waals surface area contributed by atoms with E-state index < -0.39 is 0 Å². The van der Waals surface area contributed by atoms with Crippen LogP contribution in [-0.4, -0.2) is 0 Å². The van der Waals surface area contributed by atoms with E-state index in [1.54, 1.807) is 0 Å². The first kappa shape index (κ1) is 13.2. The third kappa shape index (κ3) is 8.59. The van der Waals surface area contributed by atoms with E-state index in [1.165, 1.54) is 19.3 Å². The minimum absolute atomic E-state index is 0. The molecule has 1 atom stereocenters. The van der Waals surface area contributed by atoms with E-state index in [9.17, 15) is 0 Å². The molecule has 1 unspecified atom stereocenters. The second kappa shape index (κ2) is 9.59. The van der Waals surface area contributed by atoms with E-state index in [2.05, 4.69) is 13.0 Å². The van der Waals surface area contributed by atoms with Crippen LogP contribution in [0.15, 0.2) is 0 Å². The number of nitriles is 1. The molecule has 0 saturated heterocycles. The Morgan fingerprint density at radius 1 is 1.50 bits per heavy atom. The van der Waals surface area contributed by atoms with Gasteiger partial charge in [0.25, 0.3) is 0 Å². The second-order valence-electron chi connectivity index (χ2n) is 2.32. The topological polar surface area (TPSA) is 23.8 Å². The van der Waals surface area contributed by atoms with Crippen molar-refractivity contribution >= 4 is 17.0 Å². The molecular formula is C7H13BrNZn. The van der Waals surface area contributed by atoms with E-state index in [0.717, 1.165) is 24.7 Å². The third-order valence-corrected chi connectivity index (χ3v) is 2.58. The first-order valence-electron chi connectivity index (χ1n) is 3.54. The molecule has 0 rings (SSSR count). The van der Waals surface area contributed by atoms with Crippen molar-refractivity contribution < 1.29 is 18.3 Å². The Kier molecular flexibility index (Phi) is 12.7. The molecule has 0 aromatic heterocycles. The zero-order valence-electron chi connectivity index (χ0n) is 6.47. The summed E-state index contributed by atoms with van der Waals surface area (Å²) in [4.78, 5) is 0. The van der Waals surface area contributed by atoms with Gasteiger partial charge in [-0.2, -0.15) is 0 Å². The van der Waals surface area contributed by atoms with Gasteiger partial charge in [-0.3, -0.25) is 0 Å². The van der Waals surface area contributed by atoms with Crippen LogP contribution in [0.2, 0.25) is 4.51 Å². The Hall–Kier alpha value is 0.593. The fourth-order valence-electron chi connectivity index (χ4n) is 0.705. The van der Waals surface area contributed by atoms with Crippen molar-refractivity contribution in [2.45, 2.75) is 37.1 Å². The number of rotatable bonds is 4. The summed E-state index contributed by atoms with van der Waals surface area (Å²) < 4.78 is 0.386. The Morgan fingerprint density at radius 2 is 2.10 bits per heavy atom. The molecular weight excluding hydrogens is 243 g/mol. The van der Waals surface area contributed by atoms with E-state index >= 15 is 0 Å². The number of unbranched alkanes of at least 4 members (excludes halogenated alkanes) is 2. The van der Waals surface area contributed by atoms with Crippen molar-refractivity contribution in [3.63, 3.8) is 0 Å². The summed E-state index contributed by atoms with van der Waals surface area (Å²) in [5.74, 6) is 0. The minimum atomic E-state index is 0. The van der Waals surface area contributed by atoms with Crippen molar-refractivity contribution in [1.82, 2.24) is 0 Å². The molecule has 1 nitrogen and oxygen atoms in total. The van der Waals surface area contributed by atoms with Gasteiger partial charge in [0.05, 0.1) is 0 Å². The first-order valence-corrected chi connectivity index (χ1v) is 5.25. The molecule has 10 heavy (non-hydrogen) atoms. The van der Waals surface area contributed by atoms with Crippen LogP contribution in [0.1, 0.15) is 32.6 Å². The summed E-state index contributed by atoms with van der Waals surface area (Å²) in [6.45, 7) is 2.19. The van der Waals surface area contributed by atoms with Crippen LogP contribution in [0.4, 0.5) is 0 Å². The average Bonchev–Trinajstić information content (AvgIpc) is 1.89. The van der Waals surface area contributed by atoms with Crippen LogP contribution in [0.5, 0.6) is 0 Å². The molecule has 0 heterocycles. The Bertz CT molecular complexity index is 100. The van der Waals surface area contributed by atoms with Crippen LogP contribution in [0.25, 0.3) is 0 Å². The molecule has 0 saturated carbocycles. The Morgan fingerprint density at radius 3 is 2.50 bits per heavy atom. The van der Waals surface area contributed by atoms with Crippen molar-refractivity contribution in [2.24, 2.45) is 0 Å². The van der Waals surface area contributed by atoms with Crippen molar-refractivity contribution in [3.8, 4) is 6.07 Å². The molecule has 0 spiro atoms. The first-order chi connectivity index (χ1) is 4.31. The molecule has 0 N–H and O–H groups in total. The summed E-state index contributed by atoms with van der Waals surface area (Å²) in [5.41, 5.74) is 0. The van der Waals surface area contributed by atoms with Gasteiger partial charge in [-0.15, -0.1) is 17.0 Å². The predicted molar refractivity (Wildman–Crippen MR) is 43.8 cm³/mol. The van der Waals surface area contributed by atoms with Gasteiger partial charge in [0.15, 0.2) is 0 Å². The van der Waals surface area contributed by atoms with Gasteiger partial charge < -0.3 is 0 Å². The molecule has 0 aliphatic heterocycles. The van der Waals surface area contributed by atoms with E-state index in [-0.39, 0.29) is 17.0 Å². The van der Waals surface area contributed by atoms with Crippen LogP contribution in [0, 0.1) is 11.3 Å². The third-order valence-electron chi connectivity index (χ3n) is 1.34. The van der Waals surface area contributed by atoms with Gasteiger partial charge in [0, 0.05) is 0 Å². The maximum absolute atomic E-state index is 8.42. The quantitative estimate of drug-likeness (QED) is 0.560. The molecule has 0 aliphatic carbocycles. The molecule has 0 aliphatic rings. The van der Waals surface area contributed by atoms with E-state index in [4.69, 9.17) is 5.26 Å². The summed E-state index contributed by atoms with van der Waals surface area (Å²) in [5, 5.41) is 8.42. The van der Waals surface area contributed by atoms with Gasteiger partial charge in [0.2, 0.25) is 0 Å². The monoisotopic (exact) mass is 254 g/mol. The van der Waals surface area contributed by atoms with E-state index in [1.807, 2.05) is 0 Å². The number of halogens is 1. The molecule has 0 aromatic rings.